The molecule has 0 radical (unpaired) electrons. The largest absolute Gasteiger partial charge is 0.465 e. The maximum absolute atomic E-state index is 12.5. The maximum Gasteiger partial charge on any atom is 0.337 e. The SMILES string of the molecule is COC(=O)c1ccc(NC(=O)c2sc(-c3cccnc3)nc2C)cc1. The van der Waals surface area contributed by atoms with Crippen molar-refractivity contribution in [3.05, 3.63) is 64.9 Å². The first kappa shape index (κ1) is 16.8. The molecular formula is C18H15N3O3S. The molecule has 0 saturated heterocycles. The second-order valence-electron chi connectivity index (χ2n) is 5.20. The van der Waals surface area contributed by atoms with Crippen molar-refractivity contribution in [3.63, 3.8) is 0 Å². The summed E-state index contributed by atoms with van der Waals surface area (Å²) in [6, 6.07) is 10.2. The summed E-state index contributed by atoms with van der Waals surface area (Å²) in [6.45, 7) is 1.80. The van der Waals surface area contributed by atoms with Crippen LogP contribution in [0.4, 0.5) is 5.69 Å². The Labute approximate surface area is 148 Å². The molecule has 3 rings (SSSR count). The van der Waals surface area contributed by atoms with Gasteiger partial charge >= 0.3 is 5.97 Å². The molecule has 25 heavy (non-hydrogen) atoms. The molecule has 6 nitrogen and oxygen atoms in total. The molecule has 1 amide bonds. The van der Waals surface area contributed by atoms with Gasteiger partial charge in [-0.2, -0.15) is 0 Å². The van der Waals surface area contributed by atoms with Gasteiger partial charge in [-0.05, 0) is 43.3 Å². The number of anilines is 1. The van der Waals surface area contributed by atoms with Gasteiger partial charge in [0.1, 0.15) is 9.88 Å². The van der Waals surface area contributed by atoms with Crippen LogP contribution in [-0.2, 0) is 4.74 Å². The number of aromatic nitrogens is 2. The number of pyridine rings is 1. The molecule has 0 spiro atoms. The fourth-order valence-corrected chi connectivity index (χ4v) is 3.17. The van der Waals surface area contributed by atoms with Crippen molar-refractivity contribution in [2.75, 3.05) is 12.4 Å². The van der Waals surface area contributed by atoms with Crippen LogP contribution in [0.5, 0.6) is 0 Å². The Morgan fingerprint density at radius 3 is 2.56 bits per heavy atom. The molecule has 3 aromatic rings. The number of nitrogens with zero attached hydrogens (tertiary/aromatic N) is 2. The van der Waals surface area contributed by atoms with Gasteiger partial charge in [-0.15, -0.1) is 11.3 Å². The Balaban J connectivity index is 1.78. The zero-order valence-electron chi connectivity index (χ0n) is 13.6. The van der Waals surface area contributed by atoms with E-state index in [1.54, 1.807) is 43.6 Å². The summed E-state index contributed by atoms with van der Waals surface area (Å²) in [6.07, 6.45) is 3.40. The molecule has 7 heteroatoms. The van der Waals surface area contributed by atoms with Gasteiger partial charge in [0, 0.05) is 23.6 Å². The van der Waals surface area contributed by atoms with Crippen LogP contribution in [0.1, 0.15) is 25.7 Å². The monoisotopic (exact) mass is 353 g/mol. The van der Waals surface area contributed by atoms with Crippen LogP contribution in [-0.4, -0.2) is 29.0 Å². The summed E-state index contributed by atoms with van der Waals surface area (Å²) < 4.78 is 4.65. The van der Waals surface area contributed by atoms with Gasteiger partial charge in [-0.25, -0.2) is 9.78 Å². The zero-order valence-corrected chi connectivity index (χ0v) is 14.5. The van der Waals surface area contributed by atoms with Crippen LogP contribution in [0.15, 0.2) is 48.8 Å². The fourth-order valence-electron chi connectivity index (χ4n) is 2.22. The van der Waals surface area contributed by atoms with Gasteiger partial charge in [-0.3, -0.25) is 9.78 Å². The van der Waals surface area contributed by atoms with Crippen molar-refractivity contribution >= 4 is 28.9 Å². The lowest BCUT2D eigenvalue weighted by Crippen LogP contribution is -2.11. The molecular weight excluding hydrogens is 338 g/mol. The van der Waals surface area contributed by atoms with E-state index in [0.29, 0.717) is 21.8 Å². The zero-order chi connectivity index (χ0) is 17.8. The van der Waals surface area contributed by atoms with E-state index < -0.39 is 5.97 Å². The fraction of sp³-hybridized carbons (Fsp3) is 0.111. The topological polar surface area (TPSA) is 81.2 Å². The Kier molecular flexibility index (Phi) is 4.85. The van der Waals surface area contributed by atoms with E-state index in [4.69, 9.17) is 0 Å². The summed E-state index contributed by atoms with van der Waals surface area (Å²) in [5, 5.41) is 3.56. The number of esters is 1. The summed E-state index contributed by atoms with van der Waals surface area (Å²) in [4.78, 5) is 33.0. The third-order valence-corrected chi connectivity index (χ3v) is 4.68. The molecule has 1 aromatic carbocycles. The van der Waals surface area contributed by atoms with Crippen molar-refractivity contribution in [1.82, 2.24) is 9.97 Å². The van der Waals surface area contributed by atoms with Crippen LogP contribution in [0, 0.1) is 6.92 Å². The lowest BCUT2D eigenvalue weighted by Gasteiger charge is -2.05. The van der Waals surface area contributed by atoms with Gasteiger partial charge in [0.2, 0.25) is 0 Å². The first-order chi connectivity index (χ1) is 12.1. The Bertz CT molecular complexity index is 905. The maximum atomic E-state index is 12.5. The van der Waals surface area contributed by atoms with Crippen LogP contribution in [0.2, 0.25) is 0 Å². The number of nitrogens with one attached hydrogen (secondary N) is 1. The number of hydrogen-bond donors (Lipinski definition) is 1. The van der Waals surface area contributed by atoms with E-state index in [2.05, 4.69) is 20.0 Å². The van der Waals surface area contributed by atoms with Gasteiger partial charge in [0.25, 0.3) is 5.91 Å². The molecule has 0 saturated carbocycles. The van der Waals surface area contributed by atoms with Gasteiger partial charge in [-0.1, -0.05) is 0 Å². The second-order valence-corrected chi connectivity index (χ2v) is 6.20. The predicted octanol–water partition coefficient (Wildman–Crippen LogP) is 3.55. The van der Waals surface area contributed by atoms with Crippen molar-refractivity contribution in [1.29, 1.82) is 0 Å². The van der Waals surface area contributed by atoms with Crippen molar-refractivity contribution < 1.29 is 14.3 Å². The minimum Gasteiger partial charge on any atom is -0.465 e. The quantitative estimate of drug-likeness (QED) is 0.726. The average Bonchev–Trinajstić information content (AvgIpc) is 3.04. The van der Waals surface area contributed by atoms with Crippen LogP contribution < -0.4 is 5.32 Å². The summed E-state index contributed by atoms with van der Waals surface area (Å²) in [5.41, 5.74) is 2.55. The molecule has 1 N–H and O–H groups in total. The summed E-state index contributed by atoms with van der Waals surface area (Å²) >= 11 is 1.31. The lowest BCUT2D eigenvalue weighted by atomic mass is 10.2. The van der Waals surface area contributed by atoms with E-state index in [-0.39, 0.29) is 5.91 Å². The average molecular weight is 353 g/mol. The highest BCUT2D eigenvalue weighted by Crippen LogP contribution is 2.28. The molecule has 0 atom stereocenters. The standard InChI is InChI=1S/C18H15N3O3S/c1-11-15(25-17(20-11)13-4-3-9-19-10-13)16(22)21-14-7-5-12(6-8-14)18(23)24-2/h3-10H,1-2H3,(H,21,22). The number of benzene rings is 1. The third kappa shape index (κ3) is 3.72. The van der Waals surface area contributed by atoms with Gasteiger partial charge in [0.15, 0.2) is 0 Å². The number of hydrogen-bond acceptors (Lipinski definition) is 6. The molecule has 0 aliphatic rings. The first-order valence-electron chi connectivity index (χ1n) is 7.46. The summed E-state index contributed by atoms with van der Waals surface area (Å²) in [5.74, 6) is -0.659. The number of carbonyl (C=O) groups excluding carboxylic acids is 2. The number of carbonyl (C=O) groups is 2. The number of methoxy groups -OCH3 is 1. The minimum atomic E-state index is -0.419. The van der Waals surface area contributed by atoms with E-state index in [1.807, 2.05) is 12.1 Å². The number of rotatable bonds is 4. The van der Waals surface area contributed by atoms with E-state index >= 15 is 0 Å². The van der Waals surface area contributed by atoms with E-state index in [1.165, 1.54) is 18.4 Å². The molecule has 0 unspecified atom stereocenters. The van der Waals surface area contributed by atoms with Gasteiger partial charge in [0.05, 0.1) is 18.4 Å². The number of ether oxygens (including phenoxy) is 1. The van der Waals surface area contributed by atoms with Crippen LogP contribution >= 0.6 is 11.3 Å². The Morgan fingerprint density at radius 1 is 1.16 bits per heavy atom. The van der Waals surface area contributed by atoms with Crippen molar-refractivity contribution in [2.45, 2.75) is 6.92 Å². The van der Waals surface area contributed by atoms with E-state index in [0.717, 1.165) is 10.6 Å². The highest BCUT2D eigenvalue weighted by atomic mass is 32.1. The normalized spacial score (nSPS) is 10.3. The highest BCUT2D eigenvalue weighted by molar-refractivity contribution is 7.17. The number of amides is 1. The molecule has 0 bridgehead atoms. The Hall–Kier alpha value is -3.06. The molecule has 2 heterocycles. The molecule has 2 aromatic heterocycles. The van der Waals surface area contributed by atoms with Crippen LogP contribution in [0.3, 0.4) is 0 Å². The number of aryl methyl sites for hydroxylation is 1. The highest BCUT2D eigenvalue weighted by Gasteiger charge is 2.16. The lowest BCUT2D eigenvalue weighted by molar-refractivity contribution is 0.0600. The van der Waals surface area contributed by atoms with Gasteiger partial charge < -0.3 is 10.1 Å². The summed E-state index contributed by atoms with van der Waals surface area (Å²) in [7, 11) is 1.32. The van der Waals surface area contributed by atoms with Crippen molar-refractivity contribution in [2.24, 2.45) is 0 Å². The van der Waals surface area contributed by atoms with Crippen LogP contribution in [0.25, 0.3) is 10.6 Å². The molecule has 0 fully saturated rings. The van der Waals surface area contributed by atoms with Crippen molar-refractivity contribution in [3.8, 4) is 10.6 Å². The molecule has 0 aliphatic carbocycles. The Morgan fingerprint density at radius 2 is 1.92 bits per heavy atom. The second kappa shape index (κ2) is 7.23. The predicted molar refractivity (Wildman–Crippen MR) is 95.8 cm³/mol. The smallest absolute Gasteiger partial charge is 0.337 e. The molecule has 126 valence electrons. The first-order valence-corrected chi connectivity index (χ1v) is 8.27. The minimum absolute atomic E-state index is 0.240. The number of thiazole rings is 1. The molecule has 0 aliphatic heterocycles. The third-order valence-electron chi connectivity index (χ3n) is 3.48. The van der Waals surface area contributed by atoms with E-state index in [9.17, 15) is 9.59 Å².